The van der Waals surface area contributed by atoms with Gasteiger partial charge in [0, 0.05) is 16.8 Å². The maximum Gasteiger partial charge on any atom is 0.130 e. The van der Waals surface area contributed by atoms with Gasteiger partial charge in [0.25, 0.3) is 0 Å². The maximum absolute atomic E-state index is 6.46. The molecule has 5 nitrogen and oxygen atoms in total. The molecule has 3 aromatic rings. The predicted octanol–water partition coefficient (Wildman–Crippen LogP) is 3.89. The van der Waals surface area contributed by atoms with E-state index in [-0.39, 0.29) is 5.54 Å². The van der Waals surface area contributed by atoms with Crippen LogP contribution in [0.5, 0.6) is 0 Å². The van der Waals surface area contributed by atoms with Gasteiger partial charge in [-0.1, -0.05) is 24.4 Å². The zero-order valence-corrected chi connectivity index (χ0v) is 16.3. The van der Waals surface area contributed by atoms with Crippen molar-refractivity contribution in [3.05, 3.63) is 35.0 Å². The molecule has 0 aliphatic carbocycles. The van der Waals surface area contributed by atoms with Crippen LogP contribution in [0.4, 0.5) is 11.4 Å². The van der Waals surface area contributed by atoms with Crippen LogP contribution in [-0.4, -0.2) is 20.5 Å². The van der Waals surface area contributed by atoms with Gasteiger partial charge in [-0.2, -0.15) is 0 Å². The molecule has 0 saturated carbocycles. The molecule has 0 fully saturated rings. The Morgan fingerprint density at radius 3 is 2.56 bits per heavy atom. The van der Waals surface area contributed by atoms with Crippen molar-refractivity contribution in [3.8, 4) is 11.3 Å². The molecular formula is C18H21N5S2. The number of anilines is 2. The number of nitrogens with one attached hydrogen (secondary N) is 1. The normalized spacial score (nSPS) is 11.7. The number of aromatic nitrogens is 2. The Morgan fingerprint density at radius 2 is 1.92 bits per heavy atom. The summed E-state index contributed by atoms with van der Waals surface area (Å²) in [5.41, 5.74) is 15.2. The molecule has 0 aliphatic heterocycles. The highest BCUT2D eigenvalue weighted by atomic mass is 32.1. The summed E-state index contributed by atoms with van der Waals surface area (Å²) in [5, 5.41) is 4.14. The van der Waals surface area contributed by atoms with Crippen LogP contribution in [0.15, 0.2) is 24.3 Å². The molecule has 2 aromatic heterocycles. The van der Waals surface area contributed by atoms with Crippen LogP contribution in [0.25, 0.3) is 21.5 Å². The monoisotopic (exact) mass is 371 g/mol. The van der Waals surface area contributed by atoms with Crippen molar-refractivity contribution in [2.24, 2.45) is 0 Å². The van der Waals surface area contributed by atoms with Crippen molar-refractivity contribution in [1.82, 2.24) is 15.3 Å². The lowest BCUT2D eigenvalue weighted by atomic mass is 10.1. The molecule has 2 heterocycles. The van der Waals surface area contributed by atoms with Crippen molar-refractivity contribution in [2.45, 2.75) is 33.2 Å². The molecule has 0 spiro atoms. The molecule has 0 atom stereocenters. The number of hydrogen-bond donors (Lipinski definition) is 3. The minimum absolute atomic E-state index is 0.141. The molecule has 0 unspecified atom stereocenters. The average molecular weight is 372 g/mol. The number of nitrogens with two attached hydrogens (primary N) is 2. The molecule has 1 aromatic carbocycles. The summed E-state index contributed by atoms with van der Waals surface area (Å²) in [5.74, 6) is 0.687. The van der Waals surface area contributed by atoms with E-state index in [1.807, 2.05) is 31.2 Å². The Morgan fingerprint density at radius 1 is 1.20 bits per heavy atom. The van der Waals surface area contributed by atoms with Crippen LogP contribution in [-0.2, 0) is 0 Å². The van der Waals surface area contributed by atoms with Crippen molar-refractivity contribution < 1.29 is 0 Å². The van der Waals surface area contributed by atoms with E-state index in [0.29, 0.717) is 22.2 Å². The van der Waals surface area contributed by atoms with Gasteiger partial charge in [0.1, 0.15) is 15.6 Å². The Balaban J connectivity index is 2.21. The molecule has 7 heteroatoms. The number of nitrogens with zero attached hydrogens (tertiary/aromatic N) is 2. The van der Waals surface area contributed by atoms with E-state index in [1.54, 1.807) is 0 Å². The van der Waals surface area contributed by atoms with Gasteiger partial charge in [0.15, 0.2) is 0 Å². The van der Waals surface area contributed by atoms with Crippen LogP contribution >= 0.6 is 23.6 Å². The Kier molecular flexibility index (Phi) is 4.38. The van der Waals surface area contributed by atoms with Crippen molar-refractivity contribution in [3.63, 3.8) is 0 Å². The first kappa shape index (κ1) is 17.6. The summed E-state index contributed by atoms with van der Waals surface area (Å²) < 4.78 is 0. The summed E-state index contributed by atoms with van der Waals surface area (Å²) in [7, 11) is 0. The van der Waals surface area contributed by atoms with Gasteiger partial charge < -0.3 is 16.8 Å². The topological polar surface area (TPSA) is 89.8 Å². The number of aryl methyl sites for hydroxylation is 1. The minimum atomic E-state index is -0.141. The first-order valence-electron chi connectivity index (χ1n) is 7.91. The highest BCUT2D eigenvalue weighted by Crippen LogP contribution is 2.39. The van der Waals surface area contributed by atoms with Crippen LogP contribution in [0.3, 0.4) is 0 Å². The lowest BCUT2D eigenvalue weighted by Crippen LogP contribution is -2.39. The molecule has 0 bridgehead atoms. The fourth-order valence-corrected chi connectivity index (χ4v) is 4.17. The molecule has 0 aliphatic rings. The molecular weight excluding hydrogens is 350 g/mol. The SMILES string of the molecule is Cc1nc(-c2cccc(N)c2)c2c(N)c(C(=S)NC(C)(C)C)sc2n1. The number of rotatable bonds is 2. The number of benzene rings is 1. The largest absolute Gasteiger partial charge is 0.399 e. The number of hydrogen-bond acceptors (Lipinski definition) is 6. The first-order chi connectivity index (χ1) is 11.7. The summed E-state index contributed by atoms with van der Waals surface area (Å²) in [6.07, 6.45) is 0. The summed E-state index contributed by atoms with van der Waals surface area (Å²) in [6, 6.07) is 7.62. The maximum atomic E-state index is 6.46. The second-order valence-corrected chi connectivity index (χ2v) is 8.38. The molecule has 5 N–H and O–H groups in total. The van der Waals surface area contributed by atoms with E-state index < -0.39 is 0 Å². The fourth-order valence-electron chi connectivity index (χ4n) is 2.59. The molecule has 0 saturated heterocycles. The lowest BCUT2D eigenvalue weighted by molar-refractivity contribution is 0.516. The van der Waals surface area contributed by atoms with Crippen LogP contribution in [0.1, 0.15) is 31.5 Å². The zero-order chi connectivity index (χ0) is 18.4. The second-order valence-electron chi connectivity index (χ2n) is 6.97. The Labute approximate surface area is 156 Å². The molecule has 130 valence electrons. The van der Waals surface area contributed by atoms with Crippen molar-refractivity contribution in [1.29, 1.82) is 0 Å². The van der Waals surface area contributed by atoms with Gasteiger partial charge in [-0.25, -0.2) is 9.97 Å². The van der Waals surface area contributed by atoms with Crippen LogP contribution < -0.4 is 16.8 Å². The van der Waals surface area contributed by atoms with E-state index in [2.05, 4.69) is 36.1 Å². The van der Waals surface area contributed by atoms with Gasteiger partial charge in [-0.15, -0.1) is 11.3 Å². The third-order valence-electron chi connectivity index (χ3n) is 3.56. The summed E-state index contributed by atoms with van der Waals surface area (Å²) in [4.78, 5) is 11.5. The van der Waals surface area contributed by atoms with E-state index >= 15 is 0 Å². The third kappa shape index (κ3) is 3.57. The van der Waals surface area contributed by atoms with Gasteiger partial charge in [0.2, 0.25) is 0 Å². The Hall–Kier alpha value is -2.25. The molecule has 0 amide bonds. The van der Waals surface area contributed by atoms with Crippen molar-refractivity contribution in [2.75, 3.05) is 11.5 Å². The quantitative estimate of drug-likeness (QED) is 0.468. The predicted molar refractivity (Wildman–Crippen MR) is 111 cm³/mol. The minimum Gasteiger partial charge on any atom is -0.399 e. The van der Waals surface area contributed by atoms with E-state index in [4.69, 9.17) is 23.7 Å². The standard InChI is InChI=1S/C18H21N5S2/c1-9-21-14(10-6-5-7-11(19)8-10)12-13(20)15(25-17(12)22-9)16(24)23-18(2,3)4/h5-8H,19-20H2,1-4H3,(H,23,24). The highest BCUT2D eigenvalue weighted by Gasteiger charge is 2.22. The number of nitrogen functional groups attached to an aromatic ring is 2. The van der Waals surface area contributed by atoms with Crippen LogP contribution in [0.2, 0.25) is 0 Å². The van der Waals surface area contributed by atoms with E-state index in [9.17, 15) is 0 Å². The first-order valence-corrected chi connectivity index (χ1v) is 9.13. The van der Waals surface area contributed by atoms with Gasteiger partial charge in [-0.3, -0.25) is 0 Å². The van der Waals surface area contributed by atoms with E-state index in [0.717, 1.165) is 26.4 Å². The summed E-state index contributed by atoms with van der Waals surface area (Å²) >= 11 is 7.05. The van der Waals surface area contributed by atoms with Gasteiger partial charge >= 0.3 is 0 Å². The second kappa shape index (κ2) is 6.24. The summed E-state index contributed by atoms with van der Waals surface area (Å²) in [6.45, 7) is 8.05. The average Bonchev–Trinajstić information content (AvgIpc) is 2.82. The number of thiophene rings is 1. The Bertz CT molecular complexity index is 969. The van der Waals surface area contributed by atoms with Gasteiger partial charge in [0.05, 0.1) is 21.6 Å². The van der Waals surface area contributed by atoms with Crippen LogP contribution in [0, 0.1) is 6.92 Å². The zero-order valence-electron chi connectivity index (χ0n) is 14.7. The molecule has 25 heavy (non-hydrogen) atoms. The van der Waals surface area contributed by atoms with Crippen molar-refractivity contribution >= 4 is 50.1 Å². The highest BCUT2D eigenvalue weighted by molar-refractivity contribution is 7.81. The van der Waals surface area contributed by atoms with E-state index in [1.165, 1.54) is 11.3 Å². The third-order valence-corrected chi connectivity index (χ3v) is 5.11. The molecule has 3 rings (SSSR count). The lowest BCUT2D eigenvalue weighted by Gasteiger charge is -2.22. The van der Waals surface area contributed by atoms with Gasteiger partial charge in [-0.05, 0) is 39.8 Å². The number of fused-ring (bicyclic) bond motifs is 1. The smallest absolute Gasteiger partial charge is 0.130 e. The molecule has 0 radical (unpaired) electrons. The fraction of sp³-hybridized carbons (Fsp3) is 0.278. The number of thiocarbonyl (C=S) groups is 1.